The topological polar surface area (TPSA) is 71.2 Å². The zero-order valence-corrected chi connectivity index (χ0v) is 13.6. The molecule has 2 N–H and O–H groups in total. The quantitative estimate of drug-likeness (QED) is 0.900. The molecule has 0 saturated heterocycles. The molecule has 1 aromatic heterocycles. The fourth-order valence-corrected chi connectivity index (χ4v) is 3.01. The van der Waals surface area contributed by atoms with Gasteiger partial charge in [0.1, 0.15) is 11.6 Å². The molecule has 1 atom stereocenters. The first-order valence-electron chi connectivity index (χ1n) is 7.96. The third kappa shape index (κ3) is 3.04. The SMILES string of the molecule is CCOc1ccc(NC(=O)c2c[nH]c3c2C(=O)CC(C)C3)c(F)c1. The van der Waals surface area contributed by atoms with Gasteiger partial charge in [0.25, 0.3) is 5.91 Å². The van der Waals surface area contributed by atoms with Crippen molar-refractivity contribution in [2.24, 2.45) is 5.92 Å². The van der Waals surface area contributed by atoms with Crippen molar-refractivity contribution in [1.82, 2.24) is 4.98 Å². The van der Waals surface area contributed by atoms with E-state index in [0.29, 0.717) is 24.3 Å². The van der Waals surface area contributed by atoms with E-state index in [4.69, 9.17) is 4.74 Å². The Morgan fingerprint density at radius 1 is 1.42 bits per heavy atom. The zero-order chi connectivity index (χ0) is 17.3. The first-order valence-corrected chi connectivity index (χ1v) is 7.96. The number of ketones is 1. The van der Waals surface area contributed by atoms with Crippen LogP contribution in [0.25, 0.3) is 0 Å². The van der Waals surface area contributed by atoms with E-state index in [1.54, 1.807) is 13.0 Å². The highest BCUT2D eigenvalue weighted by molar-refractivity contribution is 6.13. The zero-order valence-electron chi connectivity index (χ0n) is 13.6. The normalized spacial score (nSPS) is 16.6. The van der Waals surface area contributed by atoms with Crippen LogP contribution in [0.1, 0.15) is 46.7 Å². The predicted octanol–water partition coefficient (Wildman–Crippen LogP) is 3.57. The number of hydrogen-bond acceptors (Lipinski definition) is 3. The van der Waals surface area contributed by atoms with Gasteiger partial charge in [-0.05, 0) is 31.4 Å². The number of benzene rings is 1. The molecule has 0 fully saturated rings. The second kappa shape index (κ2) is 6.47. The highest BCUT2D eigenvalue weighted by Gasteiger charge is 2.29. The van der Waals surface area contributed by atoms with Crippen molar-refractivity contribution in [1.29, 1.82) is 0 Å². The van der Waals surface area contributed by atoms with Crippen molar-refractivity contribution < 1.29 is 18.7 Å². The predicted molar refractivity (Wildman–Crippen MR) is 88.1 cm³/mol. The molecule has 126 valence electrons. The number of rotatable bonds is 4. The van der Waals surface area contributed by atoms with Gasteiger partial charge >= 0.3 is 0 Å². The van der Waals surface area contributed by atoms with Crippen LogP contribution in [-0.4, -0.2) is 23.3 Å². The molecule has 1 aliphatic rings. The lowest BCUT2D eigenvalue weighted by Gasteiger charge is -2.17. The molecule has 2 aromatic rings. The van der Waals surface area contributed by atoms with Crippen LogP contribution in [-0.2, 0) is 6.42 Å². The number of amides is 1. The Balaban J connectivity index is 1.83. The molecular formula is C18H19FN2O3. The van der Waals surface area contributed by atoms with Crippen LogP contribution in [0.4, 0.5) is 10.1 Å². The van der Waals surface area contributed by atoms with Crippen LogP contribution in [0.3, 0.4) is 0 Å². The average Bonchev–Trinajstić information content (AvgIpc) is 2.94. The maximum atomic E-state index is 14.1. The smallest absolute Gasteiger partial charge is 0.258 e. The second-order valence-electron chi connectivity index (χ2n) is 6.02. The number of nitrogens with one attached hydrogen (secondary N) is 2. The minimum absolute atomic E-state index is 0.0510. The first-order chi connectivity index (χ1) is 11.5. The molecule has 0 bridgehead atoms. The number of aromatic amines is 1. The number of hydrogen-bond donors (Lipinski definition) is 2. The molecule has 1 amide bonds. The van der Waals surface area contributed by atoms with E-state index in [-0.39, 0.29) is 23.0 Å². The molecule has 1 heterocycles. The molecule has 6 heteroatoms. The summed E-state index contributed by atoms with van der Waals surface area (Å²) < 4.78 is 19.3. The fraction of sp³-hybridized carbons (Fsp3) is 0.333. The molecule has 1 aliphatic carbocycles. The van der Waals surface area contributed by atoms with Gasteiger partial charge in [0, 0.05) is 24.4 Å². The van der Waals surface area contributed by atoms with E-state index >= 15 is 0 Å². The summed E-state index contributed by atoms with van der Waals surface area (Å²) in [5.41, 5.74) is 1.51. The lowest BCUT2D eigenvalue weighted by molar-refractivity contribution is 0.0940. The Bertz CT molecular complexity index is 798. The number of carbonyl (C=O) groups excluding carboxylic acids is 2. The summed E-state index contributed by atoms with van der Waals surface area (Å²) in [6.07, 6.45) is 2.66. The molecule has 0 saturated carbocycles. The number of fused-ring (bicyclic) bond motifs is 1. The summed E-state index contributed by atoms with van der Waals surface area (Å²) >= 11 is 0. The Morgan fingerprint density at radius 3 is 2.92 bits per heavy atom. The largest absolute Gasteiger partial charge is 0.494 e. The van der Waals surface area contributed by atoms with E-state index in [2.05, 4.69) is 10.3 Å². The van der Waals surface area contributed by atoms with Crippen LogP contribution in [0.2, 0.25) is 0 Å². The maximum absolute atomic E-state index is 14.1. The van der Waals surface area contributed by atoms with E-state index in [0.717, 1.165) is 12.1 Å². The van der Waals surface area contributed by atoms with Crippen LogP contribution in [0.15, 0.2) is 24.4 Å². The van der Waals surface area contributed by atoms with Gasteiger partial charge in [-0.2, -0.15) is 0 Å². The standard InChI is InChI=1S/C18H19FN2O3/c1-3-24-11-4-5-14(13(19)8-11)21-18(23)12-9-20-15-6-10(2)7-16(22)17(12)15/h4-5,8-10,20H,3,6-7H2,1-2H3,(H,21,23). The summed E-state index contributed by atoms with van der Waals surface area (Å²) in [6.45, 7) is 4.23. The maximum Gasteiger partial charge on any atom is 0.258 e. The Hall–Kier alpha value is -2.63. The number of anilines is 1. The molecular weight excluding hydrogens is 311 g/mol. The number of H-pyrrole nitrogens is 1. The van der Waals surface area contributed by atoms with Crippen molar-refractivity contribution >= 4 is 17.4 Å². The number of aromatic nitrogens is 1. The summed E-state index contributed by atoms with van der Waals surface area (Å²) in [4.78, 5) is 27.7. The number of ether oxygens (including phenoxy) is 1. The van der Waals surface area contributed by atoms with E-state index < -0.39 is 11.7 Å². The molecule has 5 nitrogen and oxygen atoms in total. The van der Waals surface area contributed by atoms with Crippen molar-refractivity contribution in [3.63, 3.8) is 0 Å². The van der Waals surface area contributed by atoms with E-state index in [1.807, 2.05) is 6.92 Å². The van der Waals surface area contributed by atoms with Gasteiger partial charge in [-0.15, -0.1) is 0 Å². The van der Waals surface area contributed by atoms with Crippen molar-refractivity contribution in [3.05, 3.63) is 47.0 Å². The summed E-state index contributed by atoms with van der Waals surface area (Å²) in [5, 5.41) is 2.52. The summed E-state index contributed by atoms with van der Waals surface area (Å²) in [6, 6.07) is 4.25. The van der Waals surface area contributed by atoms with Crippen LogP contribution >= 0.6 is 0 Å². The molecule has 0 radical (unpaired) electrons. The lowest BCUT2D eigenvalue weighted by atomic mass is 9.86. The second-order valence-corrected chi connectivity index (χ2v) is 6.02. The highest BCUT2D eigenvalue weighted by Crippen LogP contribution is 2.28. The third-order valence-electron chi connectivity index (χ3n) is 4.07. The van der Waals surface area contributed by atoms with Crippen molar-refractivity contribution in [2.45, 2.75) is 26.7 Å². The molecule has 1 aromatic carbocycles. The van der Waals surface area contributed by atoms with Crippen LogP contribution in [0, 0.1) is 11.7 Å². The van der Waals surface area contributed by atoms with Crippen molar-refractivity contribution in [3.8, 4) is 5.75 Å². The summed E-state index contributed by atoms with van der Waals surface area (Å²) in [7, 11) is 0. The van der Waals surface area contributed by atoms with Gasteiger partial charge in [0.2, 0.25) is 0 Å². The van der Waals surface area contributed by atoms with Gasteiger partial charge in [0.15, 0.2) is 5.78 Å². The van der Waals surface area contributed by atoms with E-state index in [1.165, 1.54) is 18.3 Å². The molecule has 24 heavy (non-hydrogen) atoms. The Labute approximate surface area is 139 Å². The highest BCUT2D eigenvalue weighted by atomic mass is 19.1. The monoisotopic (exact) mass is 330 g/mol. The number of halogens is 1. The van der Waals surface area contributed by atoms with Crippen LogP contribution < -0.4 is 10.1 Å². The van der Waals surface area contributed by atoms with Crippen molar-refractivity contribution in [2.75, 3.05) is 11.9 Å². The molecule has 3 rings (SSSR count). The number of carbonyl (C=O) groups is 2. The Kier molecular flexibility index (Phi) is 4.38. The molecule has 1 unspecified atom stereocenters. The fourth-order valence-electron chi connectivity index (χ4n) is 3.01. The minimum Gasteiger partial charge on any atom is -0.494 e. The Morgan fingerprint density at radius 2 is 2.21 bits per heavy atom. The minimum atomic E-state index is -0.585. The van der Waals surface area contributed by atoms with Gasteiger partial charge in [-0.25, -0.2) is 4.39 Å². The average molecular weight is 330 g/mol. The lowest BCUT2D eigenvalue weighted by Crippen LogP contribution is -2.21. The van der Waals surface area contributed by atoms with E-state index in [9.17, 15) is 14.0 Å². The number of Topliss-reactive ketones (excluding diaryl/α,β-unsaturated/α-hetero) is 1. The third-order valence-corrected chi connectivity index (χ3v) is 4.07. The van der Waals surface area contributed by atoms with Gasteiger partial charge < -0.3 is 15.0 Å². The first kappa shape index (κ1) is 16.2. The van der Waals surface area contributed by atoms with Gasteiger partial charge in [-0.3, -0.25) is 9.59 Å². The summed E-state index contributed by atoms with van der Waals surface area (Å²) in [5.74, 6) is -0.487. The van der Waals surface area contributed by atoms with Crippen LogP contribution in [0.5, 0.6) is 5.75 Å². The van der Waals surface area contributed by atoms with Gasteiger partial charge in [-0.1, -0.05) is 6.92 Å². The molecule has 0 aliphatic heterocycles. The molecule has 0 spiro atoms. The van der Waals surface area contributed by atoms with Gasteiger partial charge in [0.05, 0.1) is 23.4 Å².